The molecule has 0 aliphatic carbocycles. The van der Waals surface area contributed by atoms with Crippen LogP contribution in [0.2, 0.25) is 0 Å². The number of ether oxygens (including phenoxy) is 1. The van der Waals surface area contributed by atoms with Crippen molar-refractivity contribution in [2.24, 2.45) is 0 Å². The van der Waals surface area contributed by atoms with Crippen LogP contribution in [0.15, 0.2) is 0 Å². The Kier molecular flexibility index (Phi) is 7.59. The van der Waals surface area contributed by atoms with Crippen molar-refractivity contribution in [3.05, 3.63) is 0 Å². The van der Waals surface area contributed by atoms with E-state index in [1.54, 1.807) is 0 Å². The van der Waals surface area contributed by atoms with E-state index in [9.17, 15) is 8.42 Å². The summed E-state index contributed by atoms with van der Waals surface area (Å²) in [5, 5.41) is 0. The lowest BCUT2D eigenvalue weighted by atomic mass is 10.2. The normalized spacial score (nSPS) is 14.2. The van der Waals surface area contributed by atoms with Gasteiger partial charge in [-0.2, -0.15) is 0 Å². The lowest BCUT2D eigenvalue weighted by Crippen LogP contribution is -2.07. The van der Waals surface area contributed by atoms with Gasteiger partial charge in [0.05, 0.1) is 11.9 Å². The van der Waals surface area contributed by atoms with Crippen LogP contribution >= 0.6 is 10.7 Å². The average molecular weight is 243 g/mol. The second kappa shape index (κ2) is 7.49. The highest BCUT2D eigenvalue weighted by Crippen LogP contribution is 2.05. The first-order valence-electron chi connectivity index (χ1n) is 4.99. The third kappa shape index (κ3) is 10.3. The van der Waals surface area contributed by atoms with Gasteiger partial charge in [-0.25, -0.2) is 8.42 Å². The molecular weight excluding hydrogens is 224 g/mol. The van der Waals surface area contributed by atoms with Crippen LogP contribution < -0.4 is 0 Å². The van der Waals surface area contributed by atoms with Gasteiger partial charge in [0.1, 0.15) is 0 Å². The molecule has 0 aromatic rings. The Morgan fingerprint density at radius 3 is 2.43 bits per heavy atom. The maximum absolute atomic E-state index is 10.6. The molecule has 1 atom stereocenters. The second-order valence-corrected chi connectivity index (χ2v) is 6.29. The van der Waals surface area contributed by atoms with Crippen molar-refractivity contribution >= 4 is 19.7 Å². The molecule has 3 nitrogen and oxygen atoms in total. The SMILES string of the molecule is CCC(C)OCCCCCS(=O)(=O)Cl. The van der Waals surface area contributed by atoms with Crippen LogP contribution in [0, 0.1) is 0 Å². The molecule has 0 aliphatic heterocycles. The Bertz CT molecular complexity index is 226. The Hall–Kier alpha value is 0.200. The van der Waals surface area contributed by atoms with Crippen molar-refractivity contribution in [1.82, 2.24) is 0 Å². The standard InChI is InChI=1S/C9H19ClO3S/c1-3-9(2)13-7-5-4-6-8-14(10,11)12/h9H,3-8H2,1-2H3. The molecule has 0 heterocycles. The predicted molar refractivity (Wildman–Crippen MR) is 59.2 cm³/mol. The molecule has 0 aromatic heterocycles. The fourth-order valence-corrected chi connectivity index (χ4v) is 1.83. The van der Waals surface area contributed by atoms with E-state index in [2.05, 4.69) is 6.92 Å². The van der Waals surface area contributed by atoms with Gasteiger partial charge in [0, 0.05) is 17.3 Å². The van der Waals surface area contributed by atoms with Gasteiger partial charge >= 0.3 is 0 Å². The lowest BCUT2D eigenvalue weighted by Gasteiger charge is -2.09. The van der Waals surface area contributed by atoms with Gasteiger partial charge in [-0.05, 0) is 26.2 Å². The van der Waals surface area contributed by atoms with E-state index in [1.165, 1.54) is 0 Å². The fraction of sp³-hybridized carbons (Fsp3) is 1.00. The Morgan fingerprint density at radius 1 is 1.29 bits per heavy atom. The Morgan fingerprint density at radius 2 is 1.93 bits per heavy atom. The molecule has 0 fully saturated rings. The number of unbranched alkanes of at least 4 members (excludes halogenated alkanes) is 2. The highest BCUT2D eigenvalue weighted by molar-refractivity contribution is 8.13. The van der Waals surface area contributed by atoms with Crippen molar-refractivity contribution in [1.29, 1.82) is 0 Å². The molecule has 0 radical (unpaired) electrons. The summed E-state index contributed by atoms with van der Waals surface area (Å²) in [6.07, 6.45) is 3.68. The van der Waals surface area contributed by atoms with Crippen LogP contribution in [0.1, 0.15) is 39.5 Å². The van der Waals surface area contributed by atoms with Crippen molar-refractivity contribution in [3.63, 3.8) is 0 Å². The molecule has 0 amide bonds. The molecule has 0 aromatic carbocycles. The van der Waals surface area contributed by atoms with Crippen LogP contribution in [0.4, 0.5) is 0 Å². The van der Waals surface area contributed by atoms with Crippen LogP contribution in [0.25, 0.3) is 0 Å². The van der Waals surface area contributed by atoms with E-state index in [1.807, 2.05) is 6.92 Å². The number of hydrogen-bond donors (Lipinski definition) is 0. The zero-order chi connectivity index (χ0) is 11.0. The summed E-state index contributed by atoms with van der Waals surface area (Å²) in [5.41, 5.74) is 0. The first-order chi connectivity index (χ1) is 6.45. The van der Waals surface area contributed by atoms with Gasteiger partial charge < -0.3 is 4.74 Å². The van der Waals surface area contributed by atoms with Crippen molar-refractivity contribution in [2.75, 3.05) is 12.4 Å². The van der Waals surface area contributed by atoms with E-state index in [4.69, 9.17) is 15.4 Å². The van der Waals surface area contributed by atoms with Gasteiger partial charge in [-0.3, -0.25) is 0 Å². The van der Waals surface area contributed by atoms with Crippen molar-refractivity contribution < 1.29 is 13.2 Å². The van der Waals surface area contributed by atoms with Gasteiger partial charge in [0.2, 0.25) is 9.05 Å². The Labute approximate surface area is 91.2 Å². The van der Waals surface area contributed by atoms with Crippen LogP contribution in [-0.4, -0.2) is 26.9 Å². The highest BCUT2D eigenvalue weighted by Gasteiger charge is 2.04. The zero-order valence-electron chi connectivity index (χ0n) is 8.83. The number of rotatable bonds is 8. The summed E-state index contributed by atoms with van der Waals surface area (Å²) in [7, 11) is 1.76. The minimum Gasteiger partial charge on any atom is -0.379 e. The molecule has 1 unspecified atom stereocenters. The summed E-state index contributed by atoms with van der Waals surface area (Å²) in [6, 6.07) is 0. The molecular formula is C9H19ClO3S. The zero-order valence-corrected chi connectivity index (χ0v) is 10.4. The van der Waals surface area contributed by atoms with Crippen molar-refractivity contribution in [3.8, 4) is 0 Å². The minimum absolute atomic E-state index is 0.0673. The predicted octanol–water partition coefficient (Wildman–Crippen LogP) is 2.54. The molecule has 0 rings (SSSR count). The molecule has 0 bridgehead atoms. The summed E-state index contributed by atoms with van der Waals surface area (Å²) in [4.78, 5) is 0. The third-order valence-corrected chi connectivity index (χ3v) is 3.25. The molecule has 86 valence electrons. The molecule has 0 saturated heterocycles. The second-order valence-electron chi connectivity index (χ2n) is 3.39. The van der Waals surface area contributed by atoms with Gasteiger partial charge in [0.15, 0.2) is 0 Å². The molecule has 0 N–H and O–H groups in total. The van der Waals surface area contributed by atoms with Crippen LogP contribution in [0.3, 0.4) is 0 Å². The summed E-state index contributed by atoms with van der Waals surface area (Å²) < 4.78 is 26.5. The topological polar surface area (TPSA) is 43.4 Å². The van der Waals surface area contributed by atoms with Gasteiger partial charge in [0.25, 0.3) is 0 Å². The van der Waals surface area contributed by atoms with E-state index < -0.39 is 9.05 Å². The van der Waals surface area contributed by atoms with Crippen LogP contribution in [0.5, 0.6) is 0 Å². The first kappa shape index (κ1) is 14.2. The summed E-state index contributed by atoms with van der Waals surface area (Å²) in [6.45, 7) is 4.81. The van der Waals surface area contributed by atoms with E-state index in [0.717, 1.165) is 19.3 Å². The largest absolute Gasteiger partial charge is 0.379 e. The lowest BCUT2D eigenvalue weighted by molar-refractivity contribution is 0.0610. The van der Waals surface area contributed by atoms with E-state index in [0.29, 0.717) is 19.1 Å². The molecule has 14 heavy (non-hydrogen) atoms. The highest BCUT2D eigenvalue weighted by atomic mass is 35.7. The molecule has 5 heteroatoms. The number of halogens is 1. The summed E-state index contributed by atoms with van der Waals surface area (Å²) >= 11 is 0. The third-order valence-electron chi connectivity index (χ3n) is 2.01. The van der Waals surface area contributed by atoms with E-state index >= 15 is 0 Å². The monoisotopic (exact) mass is 242 g/mol. The quantitative estimate of drug-likeness (QED) is 0.485. The fourth-order valence-electron chi connectivity index (χ4n) is 0.956. The minimum atomic E-state index is -3.30. The maximum atomic E-state index is 10.6. The summed E-state index contributed by atoms with van der Waals surface area (Å²) in [5.74, 6) is 0.0673. The average Bonchev–Trinajstić information content (AvgIpc) is 2.08. The first-order valence-corrected chi connectivity index (χ1v) is 7.47. The Balaban J connectivity index is 3.23. The smallest absolute Gasteiger partial charge is 0.232 e. The molecule has 0 saturated carbocycles. The number of hydrogen-bond acceptors (Lipinski definition) is 3. The van der Waals surface area contributed by atoms with Crippen molar-refractivity contribution in [2.45, 2.75) is 45.6 Å². The molecule has 0 aliphatic rings. The maximum Gasteiger partial charge on any atom is 0.232 e. The van der Waals surface area contributed by atoms with Crippen LogP contribution in [-0.2, 0) is 13.8 Å². The van der Waals surface area contributed by atoms with Gasteiger partial charge in [-0.1, -0.05) is 13.3 Å². The van der Waals surface area contributed by atoms with E-state index in [-0.39, 0.29) is 5.75 Å². The van der Waals surface area contributed by atoms with Gasteiger partial charge in [-0.15, -0.1) is 0 Å². The molecule has 0 spiro atoms.